The number of halogens is 5. The molecule has 0 spiro atoms. The number of alkyl halides is 4. The van der Waals surface area contributed by atoms with Crippen molar-refractivity contribution in [3.63, 3.8) is 0 Å². The monoisotopic (exact) mass is 764 g/mol. The Labute approximate surface area is 313 Å². The predicted octanol–water partition coefficient (Wildman–Crippen LogP) is 6.38. The summed E-state index contributed by atoms with van der Waals surface area (Å²) < 4.78 is 88.4. The van der Waals surface area contributed by atoms with Crippen molar-refractivity contribution in [3.05, 3.63) is 77.9 Å². The number of carbonyl (C=O) groups is 1. The molecule has 4 atom stereocenters. The van der Waals surface area contributed by atoms with Crippen LogP contribution in [0.1, 0.15) is 49.1 Å². The van der Waals surface area contributed by atoms with E-state index in [0.29, 0.717) is 29.4 Å². The molecule has 2 saturated heterocycles. The van der Waals surface area contributed by atoms with Gasteiger partial charge >= 0.3 is 12.2 Å². The van der Waals surface area contributed by atoms with E-state index >= 15 is 4.39 Å². The van der Waals surface area contributed by atoms with Crippen molar-refractivity contribution in [1.82, 2.24) is 19.9 Å². The third-order valence-corrected chi connectivity index (χ3v) is 10.2. The average molecular weight is 765 g/mol. The number of aromatic hydroxyl groups is 1. The van der Waals surface area contributed by atoms with Gasteiger partial charge in [-0.2, -0.15) is 23.1 Å². The second kappa shape index (κ2) is 14.4. The third kappa shape index (κ3) is 7.22. The van der Waals surface area contributed by atoms with Crippen LogP contribution in [0.3, 0.4) is 0 Å². The normalized spacial score (nSPS) is 22.1. The van der Waals surface area contributed by atoms with Gasteiger partial charge in [-0.3, -0.25) is 4.79 Å². The standard InChI is InChI=1S/C39H37F5N6O5/c1-5-27-29(41)11-9-22-14-26(51)15-28(33(22)27)30-20-53-34-35(48(4)19-25-8-7-13-49(25)32(52)6-2)46-37(47-36(34)55-30)54-21-38(3)16-23(40)18-50(38)24-10-12-31(45-17-24)39(42,43)44/h1,6,9-12,14-15,17,23,25,30,51H,2,7-8,13,16,18-21H2,3-4H3/t23-,25+,30?,38+/m1/s1. The van der Waals surface area contributed by atoms with E-state index in [1.807, 2.05) is 0 Å². The molecule has 5 heterocycles. The number of rotatable bonds is 9. The Morgan fingerprint density at radius 1 is 1.25 bits per heavy atom. The smallest absolute Gasteiger partial charge is 0.433 e. The highest BCUT2D eigenvalue weighted by Crippen LogP contribution is 2.45. The molecule has 0 radical (unpaired) electrons. The first-order valence-corrected chi connectivity index (χ1v) is 17.5. The second-order valence-corrected chi connectivity index (χ2v) is 14.1. The number of likely N-dealkylation sites (tertiary alicyclic amines) is 1. The Morgan fingerprint density at radius 2 is 2.05 bits per heavy atom. The third-order valence-electron chi connectivity index (χ3n) is 10.2. The van der Waals surface area contributed by atoms with Crippen molar-refractivity contribution in [2.75, 3.05) is 49.7 Å². The molecule has 0 saturated carbocycles. The summed E-state index contributed by atoms with van der Waals surface area (Å²) >= 11 is 0. The molecule has 0 bridgehead atoms. The summed E-state index contributed by atoms with van der Waals surface area (Å²) in [5.41, 5.74) is -1.52. The lowest BCUT2D eigenvalue weighted by Crippen LogP contribution is -2.46. The molecule has 2 fully saturated rings. The Balaban J connectivity index is 1.23. The molecular formula is C39H37F5N6O5. The number of phenolic OH excluding ortho intramolecular Hbond substituents is 1. The molecule has 1 unspecified atom stereocenters. The number of aromatic nitrogens is 3. The van der Waals surface area contributed by atoms with Gasteiger partial charge < -0.3 is 34.0 Å². The number of phenols is 1. The summed E-state index contributed by atoms with van der Waals surface area (Å²) in [7, 11) is 1.76. The largest absolute Gasteiger partial charge is 0.508 e. The van der Waals surface area contributed by atoms with Crippen LogP contribution >= 0.6 is 0 Å². The maximum absolute atomic E-state index is 15.0. The van der Waals surface area contributed by atoms with Crippen molar-refractivity contribution in [2.24, 2.45) is 0 Å². The lowest BCUT2D eigenvalue weighted by atomic mass is 9.95. The van der Waals surface area contributed by atoms with Crippen LogP contribution in [0.15, 0.2) is 55.3 Å². The molecule has 288 valence electrons. The molecule has 11 nitrogen and oxygen atoms in total. The van der Waals surface area contributed by atoms with E-state index in [4.69, 9.17) is 20.6 Å². The molecular weight excluding hydrogens is 727 g/mol. The zero-order valence-corrected chi connectivity index (χ0v) is 29.9. The number of hydrogen-bond donors (Lipinski definition) is 1. The van der Waals surface area contributed by atoms with Crippen molar-refractivity contribution in [2.45, 2.75) is 56.2 Å². The molecule has 0 aliphatic carbocycles. The van der Waals surface area contributed by atoms with Gasteiger partial charge in [0.15, 0.2) is 11.9 Å². The maximum atomic E-state index is 15.0. The topological polar surface area (TPSA) is 113 Å². The number of benzene rings is 2. The number of terminal acetylenes is 1. The number of carbonyl (C=O) groups excluding carboxylic acids is 1. The summed E-state index contributed by atoms with van der Waals surface area (Å²) in [6, 6.07) is 7.30. The second-order valence-electron chi connectivity index (χ2n) is 14.1. The van der Waals surface area contributed by atoms with Gasteiger partial charge in [0.05, 0.1) is 29.5 Å². The average Bonchev–Trinajstić information content (AvgIpc) is 3.75. The van der Waals surface area contributed by atoms with E-state index in [0.717, 1.165) is 25.1 Å². The van der Waals surface area contributed by atoms with Gasteiger partial charge in [-0.25, -0.2) is 13.8 Å². The fourth-order valence-corrected chi connectivity index (χ4v) is 7.66. The number of amides is 1. The summed E-state index contributed by atoms with van der Waals surface area (Å²) in [4.78, 5) is 30.4. The molecule has 3 aliphatic rings. The Morgan fingerprint density at radius 3 is 2.76 bits per heavy atom. The van der Waals surface area contributed by atoms with Crippen LogP contribution in [-0.2, 0) is 11.0 Å². The predicted molar refractivity (Wildman–Crippen MR) is 193 cm³/mol. The van der Waals surface area contributed by atoms with Crippen LogP contribution in [0.5, 0.6) is 23.4 Å². The Kier molecular flexibility index (Phi) is 9.82. The summed E-state index contributed by atoms with van der Waals surface area (Å²) in [6.45, 7) is 5.84. The van der Waals surface area contributed by atoms with Crippen LogP contribution < -0.4 is 24.0 Å². The van der Waals surface area contributed by atoms with Crippen LogP contribution in [0.4, 0.5) is 33.5 Å². The Bertz CT molecular complexity index is 2180. The number of anilines is 2. The molecule has 2 aromatic carbocycles. The van der Waals surface area contributed by atoms with Gasteiger partial charge in [0, 0.05) is 43.5 Å². The molecule has 3 aliphatic heterocycles. The molecule has 16 heteroatoms. The fraction of sp³-hybridized carbons (Fsp3) is 0.385. The van der Waals surface area contributed by atoms with E-state index in [1.165, 1.54) is 36.4 Å². The van der Waals surface area contributed by atoms with Gasteiger partial charge in [-0.05, 0) is 61.6 Å². The maximum Gasteiger partial charge on any atom is 0.433 e. The number of ether oxygens (including phenoxy) is 3. The number of hydrogen-bond acceptors (Lipinski definition) is 10. The van der Waals surface area contributed by atoms with Crippen LogP contribution in [0.2, 0.25) is 0 Å². The minimum atomic E-state index is -4.64. The fourth-order valence-electron chi connectivity index (χ4n) is 7.66. The lowest BCUT2D eigenvalue weighted by Gasteiger charge is -2.36. The quantitative estimate of drug-likeness (QED) is 0.117. The Hall–Kier alpha value is -5.85. The minimum absolute atomic E-state index is 0.0130. The first kappa shape index (κ1) is 37.5. The molecule has 55 heavy (non-hydrogen) atoms. The SMILES string of the molecule is C#Cc1c(F)ccc2cc(O)cc(C3COc4c(nc(OC[C@]5(C)C[C@@H](F)CN5c5ccc(C(F)(F)F)nc5)nc4N(C)C[C@@H]4CCCN4C(=O)C=C)O3)c12. The summed E-state index contributed by atoms with van der Waals surface area (Å²) in [5, 5.41) is 11.4. The van der Waals surface area contributed by atoms with Gasteiger partial charge in [0.25, 0.3) is 5.88 Å². The zero-order valence-electron chi connectivity index (χ0n) is 29.9. The minimum Gasteiger partial charge on any atom is -0.508 e. The van der Waals surface area contributed by atoms with Crippen LogP contribution in [-0.4, -0.2) is 88.5 Å². The molecule has 1 amide bonds. The highest BCUT2D eigenvalue weighted by Gasteiger charge is 2.44. The number of nitrogens with zero attached hydrogens (tertiary/aromatic N) is 6. The highest BCUT2D eigenvalue weighted by atomic mass is 19.4. The number of fused-ring (bicyclic) bond motifs is 2. The first-order valence-electron chi connectivity index (χ1n) is 17.5. The molecule has 4 aromatic rings. The summed E-state index contributed by atoms with van der Waals surface area (Å²) in [6.07, 6.45) is 2.66. The van der Waals surface area contributed by atoms with E-state index in [2.05, 4.69) is 27.5 Å². The number of pyridine rings is 1. The van der Waals surface area contributed by atoms with Crippen molar-refractivity contribution >= 4 is 28.2 Å². The first-order chi connectivity index (χ1) is 26.2. The van der Waals surface area contributed by atoms with Gasteiger partial charge in [-0.15, -0.1) is 6.42 Å². The van der Waals surface area contributed by atoms with Crippen molar-refractivity contribution in [3.8, 4) is 35.7 Å². The molecule has 2 aromatic heterocycles. The van der Waals surface area contributed by atoms with Gasteiger partial charge in [-0.1, -0.05) is 18.6 Å². The van der Waals surface area contributed by atoms with E-state index in [1.54, 1.807) is 28.7 Å². The van der Waals surface area contributed by atoms with Crippen molar-refractivity contribution in [1.29, 1.82) is 0 Å². The highest BCUT2D eigenvalue weighted by molar-refractivity contribution is 5.93. The van der Waals surface area contributed by atoms with Gasteiger partial charge in [0.2, 0.25) is 11.7 Å². The van der Waals surface area contributed by atoms with E-state index < -0.39 is 35.5 Å². The summed E-state index contributed by atoms with van der Waals surface area (Å²) in [5.74, 6) is 1.82. The van der Waals surface area contributed by atoms with Gasteiger partial charge in [0.1, 0.15) is 36.6 Å². The van der Waals surface area contributed by atoms with Crippen LogP contribution in [0, 0.1) is 18.2 Å². The molecule has 1 N–H and O–H groups in total. The van der Waals surface area contributed by atoms with E-state index in [-0.39, 0.29) is 78.6 Å². The van der Waals surface area contributed by atoms with E-state index in [9.17, 15) is 27.5 Å². The number of likely N-dealkylation sites (N-methyl/N-ethyl adjacent to an activating group) is 1. The van der Waals surface area contributed by atoms with Crippen molar-refractivity contribution < 1.29 is 46.1 Å². The zero-order chi connectivity index (χ0) is 39.2. The lowest BCUT2D eigenvalue weighted by molar-refractivity contribution is -0.141. The van der Waals surface area contributed by atoms with Crippen LogP contribution in [0.25, 0.3) is 10.8 Å². The molecule has 7 rings (SSSR count).